The summed E-state index contributed by atoms with van der Waals surface area (Å²) < 4.78 is 22.3. The first-order valence-electron chi connectivity index (χ1n) is 4.99. The van der Waals surface area contributed by atoms with Crippen LogP contribution in [-0.2, 0) is 9.84 Å². The van der Waals surface area contributed by atoms with Gasteiger partial charge in [-0.1, -0.05) is 20.8 Å². The average molecular weight is 204 g/mol. The summed E-state index contributed by atoms with van der Waals surface area (Å²) in [5.41, 5.74) is 0.340. The van der Waals surface area contributed by atoms with Gasteiger partial charge in [-0.2, -0.15) is 0 Å². The molecule has 0 aliphatic carbocycles. The molecular formula is C10H20O2S. The summed E-state index contributed by atoms with van der Waals surface area (Å²) in [4.78, 5) is 0. The fourth-order valence-electron chi connectivity index (χ4n) is 1.74. The number of hydrogen-bond donors (Lipinski definition) is 0. The van der Waals surface area contributed by atoms with Crippen LogP contribution < -0.4 is 0 Å². The largest absolute Gasteiger partial charge is 0.229 e. The molecule has 0 aromatic rings. The van der Waals surface area contributed by atoms with Crippen LogP contribution in [0, 0.1) is 11.3 Å². The monoisotopic (exact) mass is 204 g/mol. The maximum atomic E-state index is 11.2. The first-order valence-corrected chi connectivity index (χ1v) is 6.81. The minimum Gasteiger partial charge on any atom is -0.229 e. The predicted octanol–water partition coefficient (Wildman–Crippen LogP) is 2.25. The summed E-state index contributed by atoms with van der Waals surface area (Å²) >= 11 is 0. The molecule has 0 aromatic carbocycles. The molecule has 1 saturated heterocycles. The second kappa shape index (κ2) is 3.60. The topological polar surface area (TPSA) is 34.1 Å². The Morgan fingerprint density at radius 1 is 1.31 bits per heavy atom. The Balaban J connectivity index is 2.34. The molecule has 0 amide bonds. The second-order valence-electron chi connectivity index (χ2n) is 5.37. The molecular weight excluding hydrogens is 184 g/mol. The van der Waals surface area contributed by atoms with Crippen LogP contribution in [0.15, 0.2) is 0 Å². The van der Waals surface area contributed by atoms with Crippen molar-refractivity contribution < 1.29 is 8.42 Å². The van der Waals surface area contributed by atoms with E-state index in [-0.39, 0.29) is 0 Å². The highest BCUT2D eigenvalue weighted by Crippen LogP contribution is 2.29. The van der Waals surface area contributed by atoms with Gasteiger partial charge in [0, 0.05) is 0 Å². The Kier molecular flexibility index (Phi) is 3.05. The van der Waals surface area contributed by atoms with Crippen molar-refractivity contribution in [2.75, 3.05) is 11.5 Å². The van der Waals surface area contributed by atoms with Gasteiger partial charge in [0.25, 0.3) is 0 Å². The third kappa shape index (κ3) is 4.12. The van der Waals surface area contributed by atoms with E-state index in [4.69, 9.17) is 0 Å². The van der Waals surface area contributed by atoms with Crippen molar-refractivity contribution >= 4 is 9.84 Å². The summed E-state index contributed by atoms with van der Waals surface area (Å²) in [6.07, 6.45) is 3.09. The van der Waals surface area contributed by atoms with Crippen LogP contribution in [-0.4, -0.2) is 19.9 Å². The van der Waals surface area contributed by atoms with E-state index in [2.05, 4.69) is 20.8 Å². The third-order valence-corrected chi connectivity index (χ3v) is 4.47. The number of sulfone groups is 1. The molecule has 2 nitrogen and oxygen atoms in total. The van der Waals surface area contributed by atoms with Crippen molar-refractivity contribution in [2.24, 2.45) is 11.3 Å². The molecule has 1 aliphatic heterocycles. The van der Waals surface area contributed by atoms with E-state index in [1.165, 1.54) is 0 Å². The lowest BCUT2D eigenvalue weighted by Crippen LogP contribution is -2.10. The van der Waals surface area contributed by atoms with Crippen molar-refractivity contribution in [1.82, 2.24) is 0 Å². The van der Waals surface area contributed by atoms with Crippen LogP contribution in [0.25, 0.3) is 0 Å². The molecule has 0 saturated carbocycles. The predicted molar refractivity (Wildman–Crippen MR) is 55.4 cm³/mol. The lowest BCUT2D eigenvalue weighted by Gasteiger charge is -2.19. The van der Waals surface area contributed by atoms with E-state index < -0.39 is 9.84 Å². The standard InChI is InChI=1S/C10H20O2S/c1-10(2,3)6-4-9-5-7-13(11,12)8-9/h9H,4-8H2,1-3H3. The minimum absolute atomic E-state index is 0.340. The summed E-state index contributed by atoms with van der Waals surface area (Å²) in [7, 11) is -2.66. The molecule has 0 spiro atoms. The van der Waals surface area contributed by atoms with Crippen LogP contribution in [0.1, 0.15) is 40.0 Å². The molecule has 0 bridgehead atoms. The highest BCUT2D eigenvalue weighted by atomic mass is 32.2. The van der Waals surface area contributed by atoms with Crippen LogP contribution in [0.4, 0.5) is 0 Å². The lowest BCUT2D eigenvalue weighted by molar-refractivity contribution is 0.332. The average Bonchev–Trinajstić information content (AvgIpc) is 2.24. The van der Waals surface area contributed by atoms with Gasteiger partial charge in [0.2, 0.25) is 0 Å². The zero-order valence-corrected chi connectivity index (χ0v) is 9.65. The zero-order valence-electron chi connectivity index (χ0n) is 8.84. The van der Waals surface area contributed by atoms with Gasteiger partial charge >= 0.3 is 0 Å². The molecule has 0 N–H and O–H groups in total. The zero-order chi connectivity index (χ0) is 10.1. The Labute approximate surface area is 81.6 Å². The molecule has 0 radical (unpaired) electrons. The van der Waals surface area contributed by atoms with Crippen LogP contribution in [0.3, 0.4) is 0 Å². The highest BCUT2D eigenvalue weighted by Gasteiger charge is 2.28. The van der Waals surface area contributed by atoms with Crippen LogP contribution in [0.2, 0.25) is 0 Å². The maximum Gasteiger partial charge on any atom is 0.150 e. The minimum atomic E-state index is -2.66. The van der Waals surface area contributed by atoms with Gasteiger partial charge in [0.15, 0.2) is 9.84 Å². The molecule has 3 heteroatoms. The van der Waals surface area contributed by atoms with E-state index in [0.29, 0.717) is 22.8 Å². The first kappa shape index (κ1) is 11.0. The van der Waals surface area contributed by atoms with Gasteiger partial charge in [-0.05, 0) is 30.6 Å². The third-order valence-electron chi connectivity index (χ3n) is 2.63. The molecule has 1 unspecified atom stereocenters. The van der Waals surface area contributed by atoms with Gasteiger partial charge in [-0.25, -0.2) is 8.42 Å². The fraction of sp³-hybridized carbons (Fsp3) is 1.00. The van der Waals surface area contributed by atoms with Crippen molar-refractivity contribution in [1.29, 1.82) is 0 Å². The molecule has 1 atom stereocenters. The summed E-state index contributed by atoms with van der Waals surface area (Å²) in [5.74, 6) is 1.29. The molecule has 13 heavy (non-hydrogen) atoms. The summed E-state index contributed by atoms with van der Waals surface area (Å²) in [6.45, 7) is 6.61. The quantitative estimate of drug-likeness (QED) is 0.691. The SMILES string of the molecule is CC(C)(C)CCC1CCS(=O)(=O)C1. The van der Waals surface area contributed by atoms with Crippen LogP contribution >= 0.6 is 0 Å². The highest BCUT2D eigenvalue weighted by molar-refractivity contribution is 7.91. The van der Waals surface area contributed by atoms with E-state index in [0.717, 1.165) is 19.3 Å². The molecule has 1 rings (SSSR count). The van der Waals surface area contributed by atoms with Gasteiger partial charge in [-0.15, -0.1) is 0 Å². The van der Waals surface area contributed by atoms with E-state index in [1.54, 1.807) is 0 Å². The maximum absolute atomic E-state index is 11.2. The molecule has 0 aromatic heterocycles. The summed E-state index contributed by atoms with van der Waals surface area (Å²) in [6, 6.07) is 0. The van der Waals surface area contributed by atoms with Gasteiger partial charge in [0.05, 0.1) is 11.5 Å². The molecule has 1 heterocycles. The van der Waals surface area contributed by atoms with E-state index in [9.17, 15) is 8.42 Å². The van der Waals surface area contributed by atoms with Crippen molar-refractivity contribution in [3.8, 4) is 0 Å². The first-order chi connectivity index (χ1) is 5.79. The molecule has 1 aliphatic rings. The van der Waals surface area contributed by atoms with Crippen LogP contribution in [0.5, 0.6) is 0 Å². The Morgan fingerprint density at radius 2 is 1.92 bits per heavy atom. The van der Waals surface area contributed by atoms with E-state index >= 15 is 0 Å². The van der Waals surface area contributed by atoms with Gasteiger partial charge in [-0.3, -0.25) is 0 Å². The molecule has 1 fully saturated rings. The normalized spacial score (nSPS) is 27.8. The van der Waals surface area contributed by atoms with Gasteiger partial charge in [0.1, 0.15) is 0 Å². The molecule has 78 valence electrons. The Morgan fingerprint density at radius 3 is 2.31 bits per heavy atom. The summed E-state index contributed by atoms with van der Waals surface area (Å²) in [5, 5.41) is 0. The Bertz CT molecular complexity index is 259. The smallest absolute Gasteiger partial charge is 0.150 e. The number of rotatable bonds is 2. The van der Waals surface area contributed by atoms with E-state index in [1.807, 2.05) is 0 Å². The second-order valence-corrected chi connectivity index (χ2v) is 7.60. The van der Waals surface area contributed by atoms with Crippen molar-refractivity contribution in [3.05, 3.63) is 0 Å². The number of hydrogen-bond acceptors (Lipinski definition) is 2. The Hall–Kier alpha value is -0.0500. The van der Waals surface area contributed by atoms with Gasteiger partial charge < -0.3 is 0 Å². The van der Waals surface area contributed by atoms with Crippen molar-refractivity contribution in [2.45, 2.75) is 40.0 Å². The van der Waals surface area contributed by atoms with Crippen molar-refractivity contribution in [3.63, 3.8) is 0 Å². The fourth-order valence-corrected chi connectivity index (χ4v) is 3.65. The lowest BCUT2D eigenvalue weighted by atomic mass is 9.86.